The monoisotopic (exact) mass is 279 g/mol. The molecule has 0 saturated carbocycles. The molecule has 0 aliphatic heterocycles. The lowest BCUT2D eigenvalue weighted by molar-refractivity contribution is 0.605. The van der Waals surface area contributed by atoms with Gasteiger partial charge in [-0.2, -0.15) is 0 Å². The van der Waals surface area contributed by atoms with Crippen molar-refractivity contribution in [3.63, 3.8) is 0 Å². The van der Waals surface area contributed by atoms with Crippen LogP contribution in [0.15, 0.2) is 66.7 Å². The number of rotatable bonds is 4. The van der Waals surface area contributed by atoms with Gasteiger partial charge in [-0.25, -0.2) is 4.39 Å². The summed E-state index contributed by atoms with van der Waals surface area (Å²) in [7, 11) is 0. The lowest BCUT2D eigenvalue weighted by Gasteiger charge is -2.21. The van der Waals surface area contributed by atoms with Crippen molar-refractivity contribution in [2.75, 3.05) is 6.54 Å². The minimum Gasteiger partial charge on any atom is -0.307 e. The molecule has 1 atom stereocenters. The van der Waals surface area contributed by atoms with E-state index in [1.165, 1.54) is 22.4 Å². The zero-order valence-corrected chi connectivity index (χ0v) is 12.0. The molecule has 1 nitrogen and oxygen atoms in total. The van der Waals surface area contributed by atoms with E-state index in [1.54, 1.807) is 12.1 Å². The number of hydrogen-bond acceptors (Lipinski definition) is 1. The molecule has 3 aromatic carbocycles. The van der Waals surface area contributed by atoms with E-state index in [9.17, 15) is 4.39 Å². The molecule has 0 bridgehead atoms. The Morgan fingerprint density at radius 2 is 1.71 bits per heavy atom. The van der Waals surface area contributed by atoms with Crippen LogP contribution in [0.2, 0.25) is 0 Å². The molecule has 0 spiro atoms. The molecule has 0 radical (unpaired) electrons. The number of halogens is 1. The van der Waals surface area contributed by atoms with Crippen molar-refractivity contribution in [2.24, 2.45) is 0 Å². The Kier molecular flexibility index (Phi) is 3.98. The quantitative estimate of drug-likeness (QED) is 0.731. The highest BCUT2D eigenvalue weighted by molar-refractivity contribution is 5.86. The molecule has 3 aromatic rings. The number of nitrogens with one attached hydrogen (secondary N) is 1. The fraction of sp³-hybridized carbons (Fsp3) is 0.158. The molecule has 2 heteroatoms. The summed E-state index contributed by atoms with van der Waals surface area (Å²) < 4.78 is 13.6. The van der Waals surface area contributed by atoms with E-state index in [0.29, 0.717) is 0 Å². The average Bonchev–Trinajstić information content (AvgIpc) is 2.52. The first-order valence-corrected chi connectivity index (χ1v) is 7.26. The molecule has 0 aliphatic carbocycles. The summed E-state index contributed by atoms with van der Waals surface area (Å²) >= 11 is 0. The molecular formula is C19H18FN. The first-order chi connectivity index (χ1) is 10.3. The van der Waals surface area contributed by atoms with E-state index >= 15 is 0 Å². The maximum absolute atomic E-state index is 13.6. The lowest BCUT2D eigenvalue weighted by atomic mass is 9.93. The smallest absolute Gasteiger partial charge is 0.123 e. The molecule has 106 valence electrons. The van der Waals surface area contributed by atoms with Gasteiger partial charge in [0.05, 0.1) is 6.04 Å². The second kappa shape index (κ2) is 6.06. The fourth-order valence-electron chi connectivity index (χ4n) is 2.80. The lowest BCUT2D eigenvalue weighted by Crippen LogP contribution is -2.22. The van der Waals surface area contributed by atoms with Gasteiger partial charge < -0.3 is 5.32 Å². The van der Waals surface area contributed by atoms with Crippen LogP contribution in [-0.2, 0) is 0 Å². The molecule has 1 N–H and O–H groups in total. The fourth-order valence-corrected chi connectivity index (χ4v) is 2.80. The molecule has 21 heavy (non-hydrogen) atoms. The Bertz CT molecular complexity index is 746. The third-order valence-corrected chi connectivity index (χ3v) is 3.72. The van der Waals surface area contributed by atoms with Gasteiger partial charge in [0, 0.05) is 0 Å². The third-order valence-electron chi connectivity index (χ3n) is 3.72. The molecule has 0 aromatic heterocycles. The summed E-state index contributed by atoms with van der Waals surface area (Å²) in [4.78, 5) is 0. The van der Waals surface area contributed by atoms with Crippen molar-refractivity contribution in [2.45, 2.75) is 13.0 Å². The highest BCUT2D eigenvalue weighted by atomic mass is 19.1. The van der Waals surface area contributed by atoms with Gasteiger partial charge in [-0.3, -0.25) is 0 Å². The Balaban J connectivity index is 2.16. The zero-order valence-electron chi connectivity index (χ0n) is 12.0. The van der Waals surface area contributed by atoms with E-state index in [2.05, 4.69) is 42.6 Å². The molecule has 1 unspecified atom stereocenters. The van der Waals surface area contributed by atoms with E-state index in [1.807, 2.05) is 18.2 Å². The van der Waals surface area contributed by atoms with E-state index in [-0.39, 0.29) is 11.9 Å². The van der Waals surface area contributed by atoms with E-state index in [0.717, 1.165) is 12.1 Å². The van der Waals surface area contributed by atoms with Crippen LogP contribution < -0.4 is 5.32 Å². The van der Waals surface area contributed by atoms with Crippen molar-refractivity contribution in [3.8, 4) is 0 Å². The number of fused-ring (bicyclic) bond motifs is 1. The van der Waals surface area contributed by atoms with Gasteiger partial charge in [0.15, 0.2) is 0 Å². The SMILES string of the molecule is CCNC(c1cccc(F)c1)c1cccc2ccccc12. The van der Waals surface area contributed by atoms with Crippen LogP contribution in [0.1, 0.15) is 24.1 Å². The van der Waals surface area contributed by atoms with Crippen molar-refractivity contribution >= 4 is 10.8 Å². The molecule has 0 saturated heterocycles. The molecule has 3 rings (SSSR count). The normalized spacial score (nSPS) is 12.5. The van der Waals surface area contributed by atoms with Crippen LogP contribution in [0.25, 0.3) is 10.8 Å². The van der Waals surface area contributed by atoms with Gasteiger partial charge in [0.25, 0.3) is 0 Å². The van der Waals surface area contributed by atoms with Crippen LogP contribution >= 0.6 is 0 Å². The average molecular weight is 279 g/mol. The maximum atomic E-state index is 13.6. The summed E-state index contributed by atoms with van der Waals surface area (Å²) in [6.07, 6.45) is 0. The van der Waals surface area contributed by atoms with Gasteiger partial charge in [0.2, 0.25) is 0 Å². The van der Waals surface area contributed by atoms with Gasteiger partial charge in [-0.1, -0.05) is 61.5 Å². The second-order valence-electron chi connectivity index (χ2n) is 5.11. The minimum absolute atomic E-state index is 0.00296. The highest BCUT2D eigenvalue weighted by Crippen LogP contribution is 2.29. The van der Waals surface area contributed by atoms with Gasteiger partial charge in [-0.15, -0.1) is 0 Å². The summed E-state index contributed by atoms with van der Waals surface area (Å²) in [5.74, 6) is -0.198. The van der Waals surface area contributed by atoms with Crippen molar-refractivity contribution < 1.29 is 4.39 Å². The van der Waals surface area contributed by atoms with Crippen LogP contribution in [0.3, 0.4) is 0 Å². The largest absolute Gasteiger partial charge is 0.307 e. The standard InChI is InChI=1S/C19H18FN/c1-2-21-19(15-9-5-10-16(20)13-15)18-12-6-8-14-7-3-4-11-17(14)18/h3-13,19,21H,2H2,1H3. The Hall–Kier alpha value is -2.19. The van der Waals surface area contributed by atoms with Crippen molar-refractivity contribution in [3.05, 3.63) is 83.7 Å². The van der Waals surface area contributed by atoms with Crippen LogP contribution in [0.4, 0.5) is 4.39 Å². The molecular weight excluding hydrogens is 261 g/mol. The first kappa shape index (κ1) is 13.8. The minimum atomic E-state index is -0.198. The molecule has 0 fully saturated rings. The van der Waals surface area contributed by atoms with Gasteiger partial charge >= 0.3 is 0 Å². The summed E-state index contributed by atoms with van der Waals surface area (Å²) in [6, 6.07) is 21.4. The Labute approximate surface area is 124 Å². The van der Waals surface area contributed by atoms with Gasteiger partial charge in [0.1, 0.15) is 5.82 Å². The predicted molar refractivity (Wildman–Crippen MR) is 85.9 cm³/mol. The maximum Gasteiger partial charge on any atom is 0.123 e. The molecule has 0 aliphatic rings. The summed E-state index contributed by atoms with van der Waals surface area (Å²) in [5, 5.41) is 5.87. The number of benzene rings is 3. The summed E-state index contributed by atoms with van der Waals surface area (Å²) in [5.41, 5.74) is 2.13. The highest BCUT2D eigenvalue weighted by Gasteiger charge is 2.15. The Morgan fingerprint density at radius 1 is 0.952 bits per heavy atom. The molecule has 0 amide bonds. The topological polar surface area (TPSA) is 12.0 Å². The zero-order chi connectivity index (χ0) is 14.7. The predicted octanol–water partition coefficient (Wildman–Crippen LogP) is 4.68. The van der Waals surface area contributed by atoms with E-state index in [4.69, 9.17) is 0 Å². The van der Waals surface area contributed by atoms with Crippen LogP contribution in [0.5, 0.6) is 0 Å². The van der Waals surface area contributed by atoms with Crippen LogP contribution in [0, 0.1) is 5.82 Å². The van der Waals surface area contributed by atoms with E-state index < -0.39 is 0 Å². The van der Waals surface area contributed by atoms with Crippen molar-refractivity contribution in [1.82, 2.24) is 5.32 Å². The molecule has 0 heterocycles. The number of hydrogen-bond donors (Lipinski definition) is 1. The van der Waals surface area contributed by atoms with Crippen molar-refractivity contribution in [1.29, 1.82) is 0 Å². The first-order valence-electron chi connectivity index (χ1n) is 7.26. The van der Waals surface area contributed by atoms with Gasteiger partial charge in [-0.05, 0) is 40.6 Å². The summed E-state index contributed by atoms with van der Waals surface area (Å²) in [6.45, 7) is 2.89. The van der Waals surface area contributed by atoms with Crippen LogP contribution in [-0.4, -0.2) is 6.54 Å². The Morgan fingerprint density at radius 3 is 2.52 bits per heavy atom. The third kappa shape index (κ3) is 2.81. The second-order valence-corrected chi connectivity index (χ2v) is 5.11.